The van der Waals surface area contributed by atoms with E-state index < -0.39 is 0 Å². The molecule has 0 saturated carbocycles. The summed E-state index contributed by atoms with van der Waals surface area (Å²) in [4.78, 5) is 0. The smallest absolute Gasteiger partial charge is 0.0619 e. The third kappa shape index (κ3) is 4.64. The minimum absolute atomic E-state index is 0.144. The standard InChI is InChI=1S/C19H27Cl2NO2/c20-17-4-3-15(13-18(17)21)19(7-1-9-22-14-19)8-2-10-24-16-5-11-23-12-6-16/h3-4,13,16,22H,1-2,5-12,14H2. The maximum atomic E-state index is 6.27. The molecule has 0 aliphatic carbocycles. The predicted octanol–water partition coefficient (Wildman–Crippen LogP) is 4.59. The number of ether oxygens (including phenoxy) is 2. The highest BCUT2D eigenvalue weighted by atomic mass is 35.5. The summed E-state index contributed by atoms with van der Waals surface area (Å²) in [5, 5.41) is 4.84. The minimum Gasteiger partial charge on any atom is -0.381 e. The topological polar surface area (TPSA) is 30.5 Å². The van der Waals surface area contributed by atoms with Crippen molar-refractivity contribution in [2.75, 3.05) is 32.9 Å². The molecule has 5 heteroatoms. The van der Waals surface area contributed by atoms with Crippen molar-refractivity contribution in [1.82, 2.24) is 5.32 Å². The van der Waals surface area contributed by atoms with Crippen molar-refractivity contribution in [2.45, 2.75) is 50.0 Å². The Morgan fingerprint density at radius 3 is 2.75 bits per heavy atom. The first kappa shape index (κ1) is 18.5. The molecule has 1 atom stereocenters. The van der Waals surface area contributed by atoms with Crippen molar-refractivity contribution in [2.24, 2.45) is 0 Å². The summed E-state index contributed by atoms with van der Waals surface area (Å²) in [6.45, 7) is 4.60. The van der Waals surface area contributed by atoms with E-state index in [0.29, 0.717) is 16.1 Å². The van der Waals surface area contributed by atoms with Crippen molar-refractivity contribution in [3.8, 4) is 0 Å². The van der Waals surface area contributed by atoms with Crippen LogP contribution in [0, 0.1) is 0 Å². The maximum absolute atomic E-state index is 6.27. The molecule has 1 aromatic carbocycles. The normalized spacial score (nSPS) is 25.8. The Hall–Kier alpha value is -0.320. The van der Waals surface area contributed by atoms with Gasteiger partial charge in [-0.15, -0.1) is 0 Å². The number of rotatable bonds is 6. The Morgan fingerprint density at radius 1 is 1.21 bits per heavy atom. The molecule has 134 valence electrons. The molecule has 2 heterocycles. The minimum atomic E-state index is 0.144. The maximum Gasteiger partial charge on any atom is 0.0619 e. The number of halogens is 2. The van der Waals surface area contributed by atoms with Gasteiger partial charge in [0.1, 0.15) is 0 Å². The first-order valence-corrected chi connectivity index (χ1v) is 9.81. The number of nitrogens with one attached hydrogen (secondary N) is 1. The monoisotopic (exact) mass is 371 g/mol. The molecule has 0 radical (unpaired) electrons. The molecule has 2 aliphatic heterocycles. The Bertz CT molecular complexity index is 526. The van der Waals surface area contributed by atoms with Crippen LogP contribution in [0.1, 0.15) is 44.1 Å². The van der Waals surface area contributed by atoms with E-state index in [-0.39, 0.29) is 5.41 Å². The lowest BCUT2D eigenvalue weighted by atomic mass is 9.71. The summed E-state index contributed by atoms with van der Waals surface area (Å²) in [7, 11) is 0. The van der Waals surface area contributed by atoms with E-state index in [1.54, 1.807) is 0 Å². The van der Waals surface area contributed by atoms with Gasteiger partial charge in [0.25, 0.3) is 0 Å². The highest BCUT2D eigenvalue weighted by Crippen LogP contribution is 2.38. The van der Waals surface area contributed by atoms with Crippen molar-refractivity contribution >= 4 is 23.2 Å². The van der Waals surface area contributed by atoms with Gasteiger partial charge in [0.05, 0.1) is 16.1 Å². The molecular weight excluding hydrogens is 345 g/mol. The molecule has 0 amide bonds. The zero-order chi connectivity index (χ0) is 16.8. The van der Waals surface area contributed by atoms with E-state index in [1.807, 2.05) is 6.07 Å². The van der Waals surface area contributed by atoms with E-state index in [2.05, 4.69) is 17.4 Å². The lowest BCUT2D eigenvalue weighted by Crippen LogP contribution is -2.43. The largest absolute Gasteiger partial charge is 0.381 e. The van der Waals surface area contributed by atoms with E-state index in [4.69, 9.17) is 32.7 Å². The van der Waals surface area contributed by atoms with Crippen LogP contribution in [0.4, 0.5) is 0 Å². The Kier molecular flexibility index (Phi) is 6.82. The number of benzene rings is 1. The van der Waals surface area contributed by atoms with Crippen LogP contribution >= 0.6 is 23.2 Å². The molecule has 1 N–H and O–H groups in total. The molecule has 3 rings (SSSR count). The highest BCUT2D eigenvalue weighted by molar-refractivity contribution is 6.42. The van der Waals surface area contributed by atoms with Crippen LogP contribution in [-0.2, 0) is 14.9 Å². The van der Waals surface area contributed by atoms with Crippen molar-refractivity contribution in [3.63, 3.8) is 0 Å². The van der Waals surface area contributed by atoms with Crippen molar-refractivity contribution in [3.05, 3.63) is 33.8 Å². The second-order valence-electron chi connectivity index (χ2n) is 6.98. The van der Waals surface area contributed by atoms with Gasteiger partial charge in [-0.2, -0.15) is 0 Å². The van der Waals surface area contributed by atoms with Gasteiger partial charge in [-0.3, -0.25) is 0 Å². The van der Waals surface area contributed by atoms with E-state index in [1.165, 1.54) is 18.4 Å². The summed E-state index contributed by atoms with van der Waals surface area (Å²) in [6, 6.07) is 6.12. The van der Waals surface area contributed by atoms with Crippen LogP contribution in [0.25, 0.3) is 0 Å². The van der Waals surface area contributed by atoms with Crippen LogP contribution < -0.4 is 5.32 Å². The fourth-order valence-corrected chi connectivity index (χ4v) is 4.20. The van der Waals surface area contributed by atoms with E-state index in [9.17, 15) is 0 Å². The molecule has 1 aromatic rings. The van der Waals surface area contributed by atoms with Crippen LogP contribution in [0.2, 0.25) is 10.0 Å². The third-order valence-corrected chi connectivity index (χ3v) is 6.06. The Balaban J connectivity index is 1.59. The van der Waals surface area contributed by atoms with Crippen LogP contribution in [0.5, 0.6) is 0 Å². The molecule has 0 spiro atoms. The summed E-state index contributed by atoms with van der Waals surface area (Å²) in [5.41, 5.74) is 1.45. The fraction of sp³-hybridized carbons (Fsp3) is 0.684. The molecular formula is C19H27Cl2NO2. The Labute approximate surface area is 155 Å². The summed E-state index contributed by atoms with van der Waals surface area (Å²) < 4.78 is 11.4. The second-order valence-corrected chi connectivity index (χ2v) is 7.79. The van der Waals surface area contributed by atoms with Gasteiger partial charge in [0, 0.05) is 31.8 Å². The molecule has 3 nitrogen and oxygen atoms in total. The van der Waals surface area contributed by atoms with Gasteiger partial charge in [0.2, 0.25) is 0 Å². The highest BCUT2D eigenvalue weighted by Gasteiger charge is 2.33. The quantitative estimate of drug-likeness (QED) is 0.741. The van der Waals surface area contributed by atoms with Crippen LogP contribution in [0.3, 0.4) is 0 Å². The van der Waals surface area contributed by atoms with Gasteiger partial charge in [-0.1, -0.05) is 29.3 Å². The third-order valence-electron chi connectivity index (χ3n) is 5.33. The second kappa shape index (κ2) is 8.86. The lowest BCUT2D eigenvalue weighted by Gasteiger charge is -2.39. The number of hydrogen-bond acceptors (Lipinski definition) is 3. The van der Waals surface area contributed by atoms with E-state index >= 15 is 0 Å². The van der Waals surface area contributed by atoms with Crippen LogP contribution in [0.15, 0.2) is 18.2 Å². The van der Waals surface area contributed by atoms with Gasteiger partial charge < -0.3 is 14.8 Å². The number of hydrogen-bond donors (Lipinski definition) is 1. The summed E-state index contributed by atoms with van der Waals surface area (Å²) in [5.74, 6) is 0. The molecule has 2 saturated heterocycles. The van der Waals surface area contributed by atoms with Crippen molar-refractivity contribution < 1.29 is 9.47 Å². The zero-order valence-corrected chi connectivity index (χ0v) is 15.7. The summed E-state index contributed by atoms with van der Waals surface area (Å²) in [6.07, 6.45) is 7.00. The number of piperidine rings is 1. The average Bonchev–Trinajstić information content (AvgIpc) is 2.63. The molecule has 1 unspecified atom stereocenters. The first-order chi connectivity index (χ1) is 11.7. The van der Waals surface area contributed by atoms with E-state index in [0.717, 1.165) is 58.6 Å². The molecule has 24 heavy (non-hydrogen) atoms. The fourth-order valence-electron chi connectivity index (χ4n) is 3.90. The van der Waals surface area contributed by atoms with Crippen molar-refractivity contribution in [1.29, 1.82) is 0 Å². The van der Waals surface area contributed by atoms with Gasteiger partial charge in [-0.25, -0.2) is 0 Å². The van der Waals surface area contributed by atoms with Gasteiger partial charge in [-0.05, 0) is 62.8 Å². The van der Waals surface area contributed by atoms with Gasteiger partial charge >= 0.3 is 0 Å². The predicted molar refractivity (Wildman–Crippen MR) is 99.3 cm³/mol. The Morgan fingerprint density at radius 2 is 2.04 bits per heavy atom. The van der Waals surface area contributed by atoms with Crippen LogP contribution in [-0.4, -0.2) is 39.0 Å². The zero-order valence-electron chi connectivity index (χ0n) is 14.2. The summed E-state index contributed by atoms with van der Waals surface area (Å²) >= 11 is 12.4. The SMILES string of the molecule is Clc1ccc(C2(CCCOC3CCOCC3)CCCNC2)cc1Cl. The molecule has 2 aliphatic rings. The van der Waals surface area contributed by atoms with Gasteiger partial charge in [0.15, 0.2) is 0 Å². The molecule has 0 aromatic heterocycles. The molecule has 2 fully saturated rings. The first-order valence-electron chi connectivity index (χ1n) is 9.05. The molecule has 0 bridgehead atoms. The average molecular weight is 372 g/mol. The lowest BCUT2D eigenvalue weighted by molar-refractivity contribution is -0.0338.